The summed E-state index contributed by atoms with van der Waals surface area (Å²) in [6.07, 6.45) is 2.03. The van der Waals surface area contributed by atoms with Crippen LogP contribution in [0.1, 0.15) is 41.5 Å². The zero-order chi connectivity index (χ0) is 21.8. The molecular formula is C24H30N4O3. The van der Waals surface area contributed by atoms with Gasteiger partial charge in [-0.2, -0.15) is 0 Å². The molecule has 2 atom stereocenters. The molecule has 0 bridgehead atoms. The number of benzene rings is 2. The number of carbonyl (C=O) groups is 1. The molecule has 0 amide bonds. The molecule has 0 aromatic heterocycles. The normalized spacial score (nSPS) is 18.9. The maximum atomic E-state index is 12.9. The first kappa shape index (κ1) is 21.2. The lowest BCUT2D eigenvalue weighted by Crippen LogP contribution is -2.40. The van der Waals surface area contributed by atoms with Gasteiger partial charge in [0.25, 0.3) is 0 Å². The third-order valence-electron chi connectivity index (χ3n) is 5.97. The van der Waals surface area contributed by atoms with E-state index in [1.54, 1.807) is 0 Å². The Balaban J connectivity index is 1.60. The van der Waals surface area contributed by atoms with Crippen molar-refractivity contribution in [3.8, 4) is 5.75 Å². The first-order valence-corrected chi connectivity index (χ1v) is 10.9. The van der Waals surface area contributed by atoms with Crippen LogP contribution in [0.5, 0.6) is 5.75 Å². The van der Waals surface area contributed by atoms with Crippen molar-refractivity contribution in [1.82, 2.24) is 10.2 Å². The fourth-order valence-corrected chi connectivity index (χ4v) is 4.31. The second-order valence-electron chi connectivity index (χ2n) is 8.07. The van der Waals surface area contributed by atoms with Gasteiger partial charge in [-0.15, -0.1) is 0 Å². The Labute approximate surface area is 183 Å². The summed E-state index contributed by atoms with van der Waals surface area (Å²) >= 11 is 0. The molecule has 0 saturated carbocycles. The van der Waals surface area contributed by atoms with Gasteiger partial charge >= 0.3 is 5.97 Å². The molecule has 31 heavy (non-hydrogen) atoms. The highest BCUT2D eigenvalue weighted by Crippen LogP contribution is 2.31. The maximum absolute atomic E-state index is 12.9. The zero-order valence-electron chi connectivity index (χ0n) is 17.9. The maximum Gasteiger partial charge on any atom is 0.317 e. The van der Waals surface area contributed by atoms with Gasteiger partial charge in [0.1, 0.15) is 17.8 Å². The highest BCUT2D eigenvalue weighted by Gasteiger charge is 2.27. The predicted molar refractivity (Wildman–Crippen MR) is 119 cm³/mol. The molecule has 2 aliphatic rings. The van der Waals surface area contributed by atoms with Crippen LogP contribution in [0.4, 0.5) is 0 Å². The summed E-state index contributed by atoms with van der Waals surface area (Å²) in [6, 6.07) is 13.9. The smallest absolute Gasteiger partial charge is 0.317 e. The Morgan fingerprint density at radius 1 is 1.23 bits per heavy atom. The van der Waals surface area contributed by atoms with Crippen LogP contribution in [0.2, 0.25) is 0 Å². The zero-order valence-corrected chi connectivity index (χ0v) is 17.9. The Morgan fingerprint density at radius 3 is 2.68 bits per heavy atom. The first-order chi connectivity index (χ1) is 15.0. The molecular weight excluding hydrogens is 392 g/mol. The van der Waals surface area contributed by atoms with E-state index >= 15 is 0 Å². The number of rotatable bonds is 6. The molecule has 7 heteroatoms. The van der Waals surface area contributed by atoms with Crippen LogP contribution in [0.25, 0.3) is 0 Å². The lowest BCUT2D eigenvalue weighted by atomic mass is 9.87. The van der Waals surface area contributed by atoms with Crippen molar-refractivity contribution in [2.75, 3.05) is 26.2 Å². The number of nitrogens with one attached hydrogen (secondary N) is 2. The quantitative estimate of drug-likeness (QED) is 0.375. The standard InChI is InChI=1S/C24H30N4O3/c1-2-30-23(29)22(17-5-7-20(8-6-17)31-21-9-11-27-14-21)18-4-3-16-10-12-28(24(25)26)15-19(16)13-18/h3-8,13,21-22,27H,2,9-12,14-15H2,1H3,(H3,25,26). The van der Waals surface area contributed by atoms with E-state index in [9.17, 15) is 4.79 Å². The summed E-state index contributed by atoms with van der Waals surface area (Å²) < 4.78 is 11.4. The van der Waals surface area contributed by atoms with Gasteiger partial charge in [-0.05, 0) is 60.7 Å². The molecule has 164 valence electrons. The second kappa shape index (κ2) is 9.39. The van der Waals surface area contributed by atoms with Gasteiger partial charge < -0.3 is 25.4 Å². The van der Waals surface area contributed by atoms with Crippen LogP contribution in [-0.4, -0.2) is 49.2 Å². The fraction of sp³-hybridized carbons (Fsp3) is 0.417. The molecule has 0 spiro atoms. The molecule has 0 aliphatic carbocycles. The van der Waals surface area contributed by atoms with Crippen molar-refractivity contribution in [2.45, 2.75) is 38.3 Å². The number of fused-ring (bicyclic) bond motifs is 1. The number of nitrogens with zero attached hydrogens (tertiary/aromatic N) is 1. The number of nitrogens with two attached hydrogens (primary N) is 1. The van der Waals surface area contributed by atoms with Crippen molar-refractivity contribution >= 4 is 11.9 Å². The monoisotopic (exact) mass is 422 g/mol. The van der Waals surface area contributed by atoms with Gasteiger partial charge in [-0.1, -0.05) is 30.3 Å². The van der Waals surface area contributed by atoms with Crippen molar-refractivity contribution in [3.63, 3.8) is 0 Å². The molecule has 2 unspecified atom stereocenters. The second-order valence-corrected chi connectivity index (χ2v) is 8.07. The van der Waals surface area contributed by atoms with Gasteiger partial charge in [-0.3, -0.25) is 10.2 Å². The number of guanidine groups is 1. The lowest BCUT2D eigenvalue weighted by Gasteiger charge is -2.30. The lowest BCUT2D eigenvalue weighted by molar-refractivity contribution is -0.143. The largest absolute Gasteiger partial charge is 0.489 e. The highest BCUT2D eigenvalue weighted by molar-refractivity contribution is 5.82. The highest BCUT2D eigenvalue weighted by atomic mass is 16.5. The van der Waals surface area contributed by atoms with Crippen LogP contribution >= 0.6 is 0 Å². The van der Waals surface area contributed by atoms with Crippen LogP contribution in [0, 0.1) is 5.41 Å². The third-order valence-corrected chi connectivity index (χ3v) is 5.97. The minimum Gasteiger partial charge on any atom is -0.489 e. The van der Waals surface area contributed by atoms with Gasteiger partial charge in [0.15, 0.2) is 5.96 Å². The third kappa shape index (κ3) is 4.82. The SMILES string of the molecule is CCOC(=O)C(c1ccc(OC2CCNC2)cc1)c1ccc2c(c1)CN(C(=N)N)CC2. The van der Waals surface area contributed by atoms with Crippen molar-refractivity contribution in [2.24, 2.45) is 5.73 Å². The van der Waals surface area contributed by atoms with Gasteiger partial charge in [0.2, 0.25) is 0 Å². The average Bonchev–Trinajstić information content (AvgIpc) is 3.28. The Kier molecular flexibility index (Phi) is 6.42. The Bertz CT molecular complexity index is 938. The van der Waals surface area contributed by atoms with E-state index in [1.807, 2.05) is 42.2 Å². The number of ether oxygens (including phenoxy) is 2. The molecule has 1 fully saturated rings. The molecule has 4 rings (SSSR count). The summed E-state index contributed by atoms with van der Waals surface area (Å²) in [5, 5.41) is 11.0. The van der Waals surface area contributed by atoms with Crippen LogP contribution < -0.4 is 15.8 Å². The predicted octanol–water partition coefficient (Wildman–Crippen LogP) is 2.37. The van der Waals surface area contributed by atoms with E-state index in [-0.39, 0.29) is 18.0 Å². The van der Waals surface area contributed by atoms with E-state index in [2.05, 4.69) is 17.4 Å². The summed E-state index contributed by atoms with van der Waals surface area (Å²) in [7, 11) is 0. The van der Waals surface area contributed by atoms with E-state index < -0.39 is 5.92 Å². The van der Waals surface area contributed by atoms with Crippen LogP contribution in [0.3, 0.4) is 0 Å². The van der Waals surface area contributed by atoms with Gasteiger partial charge in [-0.25, -0.2) is 0 Å². The molecule has 1 saturated heterocycles. The molecule has 7 nitrogen and oxygen atoms in total. The molecule has 4 N–H and O–H groups in total. The molecule has 2 aliphatic heterocycles. The fourth-order valence-electron chi connectivity index (χ4n) is 4.31. The minimum absolute atomic E-state index is 0.0750. The number of esters is 1. The summed E-state index contributed by atoms with van der Waals surface area (Å²) in [5.41, 5.74) is 9.78. The topological polar surface area (TPSA) is 101 Å². The van der Waals surface area contributed by atoms with Gasteiger partial charge in [0.05, 0.1) is 6.61 Å². The Morgan fingerprint density at radius 2 is 2.00 bits per heavy atom. The van der Waals surface area contributed by atoms with Gasteiger partial charge in [0, 0.05) is 19.6 Å². The van der Waals surface area contributed by atoms with E-state index in [1.165, 1.54) is 5.56 Å². The van der Waals surface area contributed by atoms with Crippen LogP contribution in [0.15, 0.2) is 42.5 Å². The van der Waals surface area contributed by atoms with Crippen molar-refractivity contribution in [1.29, 1.82) is 5.41 Å². The van der Waals surface area contributed by atoms with E-state index in [0.29, 0.717) is 13.2 Å². The first-order valence-electron chi connectivity index (χ1n) is 10.9. The molecule has 2 heterocycles. The summed E-state index contributed by atoms with van der Waals surface area (Å²) in [4.78, 5) is 14.8. The van der Waals surface area contributed by atoms with Crippen LogP contribution in [-0.2, 0) is 22.5 Å². The summed E-state index contributed by atoms with van der Waals surface area (Å²) in [6.45, 7) is 5.30. The Hall–Kier alpha value is -3.06. The number of hydrogen-bond donors (Lipinski definition) is 3. The molecule has 0 radical (unpaired) electrons. The molecule has 2 aromatic carbocycles. The summed E-state index contributed by atoms with van der Waals surface area (Å²) in [5.74, 6) is 0.101. The van der Waals surface area contributed by atoms with Crippen molar-refractivity contribution < 1.29 is 14.3 Å². The minimum atomic E-state index is -0.514. The number of carbonyl (C=O) groups excluding carboxylic acids is 1. The molecule has 2 aromatic rings. The van der Waals surface area contributed by atoms with E-state index in [0.717, 1.165) is 54.9 Å². The van der Waals surface area contributed by atoms with E-state index in [4.69, 9.17) is 20.6 Å². The average molecular weight is 423 g/mol. The number of hydrogen-bond acceptors (Lipinski definition) is 5. The van der Waals surface area contributed by atoms with Crippen molar-refractivity contribution in [3.05, 3.63) is 64.7 Å².